The van der Waals surface area contributed by atoms with E-state index < -0.39 is 0 Å². The number of hydrogen-bond donors (Lipinski definition) is 2. The number of carbonyl (C=O) groups is 1. The van der Waals surface area contributed by atoms with E-state index in [0.29, 0.717) is 44.1 Å². The van der Waals surface area contributed by atoms with E-state index in [1.54, 1.807) is 11.0 Å². The molecule has 0 radical (unpaired) electrons. The topological polar surface area (TPSA) is 103 Å². The monoisotopic (exact) mass is 491 g/mol. The van der Waals surface area contributed by atoms with E-state index in [2.05, 4.69) is 20.1 Å². The molecule has 2 aromatic carbocycles. The maximum Gasteiger partial charge on any atom is 0.258 e. The predicted octanol–water partition coefficient (Wildman–Crippen LogP) is 3.50. The highest BCUT2D eigenvalue weighted by atomic mass is 16.5. The van der Waals surface area contributed by atoms with Crippen LogP contribution in [-0.2, 0) is 24.2 Å². The van der Waals surface area contributed by atoms with E-state index in [-0.39, 0.29) is 22.8 Å². The summed E-state index contributed by atoms with van der Waals surface area (Å²) in [5, 5.41) is 18.7. The third kappa shape index (κ3) is 5.02. The summed E-state index contributed by atoms with van der Waals surface area (Å²) in [7, 11) is 4.09. The zero-order valence-corrected chi connectivity index (χ0v) is 21.3. The van der Waals surface area contributed by atoms with E-state index in [9.17, 15) is 9.90 Å². The van der Waals surface area contributed by atoms with Gasteiger partial charge in [0.05, 0.1) is 35.3 Å². The van der Waals surface area contributed by atoms with Crippen molar-refractivity contribution in [1.82, 2.24) is 20.0 Å². The molecule has 3 aromatic rings. The molecule has 190 valence electrons. The van der Waals surface area contributed by atoms with Crippen LogP contribution in [0.3, 0.4) is 0 Å². The molecular weight excluding hydrogens is 458 g/mol. The lowest BCUT2D eigenvalue weighted by Crippen LogP contribution is -2.25. The summed E-state index contributed by atoms with van der Waals surface area (Å²) in [6.07, 6.45) is 1.40. The zero-order valence-electron chi connectivity index (χ0n) is 21.3. The summed E-state index contributed by atoms with van der Waals surface area (Å²) in [6.45, 7) is 7.16. The Bertz CT molecular complexity index is 1330. The molecule has 0 unspecified atom stereocenters. The van der Waals surface area contributed by atoms with Crippen LogP contribution >= 0.6 is 0 Å². The Morgan fingerprint density at radius 2 is 2.03 bits per heavy atom. The third-order valence-electron chi connectivity index (χ3n) is 6.53. The number of fused-ring (bicyclic) bond motifs is 2. The number of phenolic OH excluding ortho intramolecular Hbond substituents is 1. The molecule has 3 heterocycles. The van der Waals surface area contributed by atoms with Gasteiger partial charge >= 0.3 is 0 Å². The summed E-state index contributed by atoms with van der Waals surface area (Å²) in [5.41, 5.74) is 3.57. The maximum atomic E-state index is 13.5. The number of amides is 1. The first-order chi connectivity index (χ1) is 17.2. The number of aliphatic imine (C=N–C) groups is 1. The number of H-pyrrole nitrogens is 1. The number of benzene rings is 2. The second-order valence-corrected chi connectivity index (χ2v) is 10.5. The molecule has 5 rings (SSSR count). The number of aromatic amines is 1. The van der Waals surface area contributed by atoms with Gasteiger partial charge in [-0.3, -0.25) is 9.89 Å². The molecule has 0 atom stereocenters. The van der Waals surface area contributed by atoms with Gasteiger partial charge in [-0.25, -0.2) is 4.99 Å². The maximum absolute atomic E-state index is 13.5. The van der Waals surface area contributed by atoms with Crippen LogP contribution in [0.15, 0.2) is 35.3 Å². The van der Waals surface area contributed by atoms with E-state index in [1.165, 1.54) is 6.07 Å². The second kappa shape index (κ2) is 9.46. The molecule has 2 N–H and O–H groups in total. The molecule has 1 amide bonds. The molecule has 0 saturated heterocycles. The fourth-order valence-electron chi connectivity index (χ4n) is 4.65. The zero-order chi connectivity index (χ0) is 25.4. The first kappa shape index (κ1) is 24.1. The predicted molar refractivity (Wildman–Crippen MR) is 138 cm³/mol. The minimum absolute atomic E-state index is 0.0815. The minimum atomic E-state index is -0.244. The lowest BCUT2D eigenvalue weighted by Gasteiger charge is -2.16. The molecule has 2 aliphatic rings. The summed E-state index contributed by atoms with van der Waals surface area (Å²) in [6, 6.07) is 9.24. The highest BCUT2D eigenvalue weighted by Gasteiger charge is 2.29. The van der Waals surface area contributed by atoms with E-state index >= 15 is 0 Å². The first-order valence-electron chi connectivity index (χ1n) is 12.3. The van der Waals surface area contributed by atoms with Crippen LogP contribution in [0.4, 0.5) is 0 Å². The Kier molecular flexibility index (Phi) is 6.34. The molecule has 0 spiro atoms. The van der Waals surface area contributed by atoms with Gasteiger partial charge in [0.1, 0.15) is 18.1 Å². The van der Waals surface area contributed by atoms with Crippen LogP contribution in [0.5, 0.6) is 11.5 Å². The number of carbonyl (C=O) groups excluding carboxylic acids is 1. The van der Waals surface area contributed by atoms with Crippen molar-refractivity contribution in [3.63, 3.8) is 0 Å². The number of aromatic nitrogens is 2. The standard InChI is InChI=1S/C27H33N5O4/c1-27(2)16-36-25(28-27)13-23-20-11-21(24(33)12-22(20)29-30-23)26(34)32-14-17-6-7-19(10-18(17)15-32)35-9-5-8-31(3)4/h6-7,10-12,33H,5,8-9,13-16H2,1-4H3,(H,29,30). The lowest BCUT2D eigenvalue weighted by atomic mass is 10.1. The van der Waals surface area contributed by atoms with Gasteiger partial charge in [0.15, 0.2) is 5.90 Å². The lowest BCUT2D eigenvalue weighted by molar-refractivity contribution is 0.0748. The van der Waals surface area contributed by atoms with E-state index in [4.69, 9.17) is 9.47 Å². The van der Waals surface area contributed by atoms with Gasteiger partial charge < -0.3 is 24.4 Å². The van der Waals surface area contributed by atoms with Crippen molar-refractivity contribution >= 4 is 22.7 Å². The largest absolute Gasteiger partial charge is 0.507 e. The van der Waals surface area contributed by atoms with Crippen LogP contribution in [-0.4, -0.2) is 76.3 Å². The quantitative estimate of drug-likeness (QED) is 0.468. The summed E-state index contributed by atoms with van der Waals surface area (Å²) in [5.74, 6) is 1.15. The number of nitrogens with one attached hydrogen (secondary N) is 1. The molecule has 0 fully saturated rings. The second-order valence-electron chi connectivity index (χ2n) is 10.5. The number of phenols is 1. The van der Waals surface area contributed by atoms with Crippen LogP contribution in [0.2, 0.25) is 0 Å². The van der Waals surface area contributed by atoms with Crippen LogP contribution in [0.25, 0.3) is 10.9 Å². The van der Waals surface area contributed by atoms with Crippen LogP contribution in [0, 0.1) is 0 Å². The fourth-order valence-corrected chi connectivity index (χ4v) is 4.65. The molecule has 0 saturated carbocycles. The highest BCUT2D eigenvalue weighted by molar-refractivity contribution is 6.02. The minimum Gasteiger partial charge on any atom is -0.507 e. The molecule has 2 aliphatic heterocycles. The molecule has 1 aromatic heterocycles. The van der Waals surface area contributed by atoms with Crippen molar-refractivity contribution in [1.29, 1.82) is 0 Å². The van der Waals surface area contributed by atoms with Gasteiger partial charge in [-0.05, 0) is 63.7 Å². The average molecular weight is 492 g/mol. The van der Waals surface area contributed by atoms with Crippen molar-refractivity contribution in [2.75, 3.05) is 33.9 Å². The van der Waals surface area contributed by atoms with Crippen LogP contribution < -0.4 is 4.74 Å². The Hall–Kier alpha value is -3.59. The highest BCUT2D eigenvalue weighted by Crippen LogP contribution is 2.32. The van der Waals surface area contributed by atoms with Gasteiger partial charge in [-0.2, -0.15) is 5.10 Å². The Morgan fingerprint density at radius 1 is 1.22 bits per heavy atom. The van der Waals surface area contributed by atoms with Crippen molar-refractivity contribution in [2.45, 2.75) is 45.3 Å². The Balaban J connectivity index is 1.31. The number of hydrogen-bond acceptors (Lipinski definition) is 7. The van der Waals surface area contributed by atoms with Crippen LogP contribution in [0.1, 0.15) is 47.4 Å². The average Bonchev–Trinajstić information content (AvgIpc) is 3.52. The van der Waals surface area contributed by atoms with Crippen molar-refractivity contribution in [2.24, 2.45) is 4.99 Å². The summed E-state index contributed by atoms with van der Waals surface area (Å²) >= 11 is 0. The van der Waals surface area contributed by atoms with Gasteiger partial charge in [0.25, 0.3) is 5.91 Å². The van der Waals surface area contributed by atoms with Gasteiger partial charge in [-0.1, -0.05) is 6.07 Å². The SMILES string of the molecule is CN(C)CCCOc1ccc2c(c1)CN(C(=O)c1cc3c(CC4=NC(C)(C)CO4)[nH]nc3cc1O)C2. The molecule has 36 heavy (non-hydrogen) atoms. The number of rotatable bonds is 8. The smallest absolute Gasteiger partial charge is 0.258 e. The normalized spacial score (nSPS) is 16.4. The summed E-state index contributed by atoms with van der Waals surface area (Å²) in [4.78, 5) is 21.9. The number of ether oxygens (including phenoxy) is 2. The molecule has 9 nitrogen and oxygen atoms in total. The van der Waals surface area contributed by atoms with Crippen molar-refractivity contribution in [3.8, 4) is 11.5 Å². The molecule has 9 heteroatoms. The van der Waals surface area contributed by atoms with Gasteiger partial charge in [-0.15, -0.1) is 0 Å². The third-order valence-corrected chi connectivity index (χ3v) is 6.53. The Morgan fingerprint density at radius 3 is 2.78 bits per heavy atom. The Labute approximate surface area is 210 Å². The first-order valence-corrected chi connectivity index (χ1v) is 12.3. The fraction of sp³-hybridized carbons (Fsp3) is 0.444. The van der Waals surface area contributed by atoms with Crippen molar-refractivity contribution in [3.05, 3.63) is 52.7 Å². The number of nitrogens with zero attached hydrogens (tertiary/aromatic N) is 4. The molecule has 0 bridgehead atoms. The van der Waals surface area contributed by atoms with E-state index in [0.717, 1.165) is 40.9 Å². The van der Waals surface area contributed by atoms with Gasteiger partial charge in [0, 0.05) is 31.1 Å². The molecule has 0 aliphatic carbocycles. The van der Waals surface area contributed by atoms with Crippen molar-refractivity contribution < 1.29 is 19.4 Å². The molecular formula is C27H33N5O4. The van der Waals surface area contributed by atoms with E-state index in [1.807, 2.05) is 46.1 Å². The number of aromatic hydroxyl groups is 1. The summed E-state index contributed by atoms with van der Waals surface area (Å²) < 4.78 is 11.6. The van der Waals surface area contributed by atoms with Gasteiger partial charge in [0.2, 0.25) is 0 Å².